The highest BCUT2D eigenvalue weighted by Gasteiger charge is 2.20. The maximum absolute atomic E-state index is 4.56. The van der Waals surface area contributed by atoms with Gasteiger partial charge in [-0.3, -0.25) is 0 Å². The number of benzene rings is 1. The Balaban J connectivity index is 1.55. The van der Waals surface area contributed by atoms with Gasteiger partial charge in [0.2, 0.25) is 0 Å². The van der Waals surface area contributed by atoms with Crippen LogP contribution >= 0.6 is 0 Å². The van der Waals surface area contributed by atoms with Crippen LogP contribution in [0.25, 0.3) is 0 Å². The predicted octanol–water partition coefficient (Wildman–Crippen LogP) is 2.00. The van der Waals surface area contributed by atoms with Gasteiger partial charge in [-0.1, -0.05) is 30.3 Å². The van der Waals surface area contributed by atoms with Crippen molar-refractivity contribution < 1.29 is 0 Å². The van der Waals surface area contributed by atoms with E-state index in [9.17, 15) is 0 Å². The molecule has 3 rings (SSSR count). The fourth-order valence-electron chi connectivity index (χ4n) is 3.40. The number of aromatic nitrogens is 2. The molecule has 0 saturated carbocycles. The molecule has 5 heteroatoms. The molecule has 2 N–H and O–H groups in total. The van der Waals surface area contributed by atoms with Crippen molar-refractivity contribution >= 4 is 5.82 Å². The normalized spacial score (nSPS) is 18.2. The Morgan fingerprint density at radius 2 is 2.12 bits per heavy atom. The van der Waals surface area contributed by atoms with Gasteiger partial charge < -0.3 is 15.5 Å². The average Bonchev–Trinajstić information content (AvgIpc) is 2.92. The smallest absolute Gasteiger partial charge is 0.124 e. The van der Waals surface area contributed by atoms with Crippen LogP contribution in [0.5, 0.6) is 0 Å². The van der Waals surface area contributed by atoms with Gasteiger partial charge in [0.15, 0.2) is 0 Å². The monoisotopic (exact) mass is 327 g/mol. The van der Waals surface area contributed by atoms with E-state index >= 15 is 0 Å². The van der Waals surface area contributed by atoms with E-state index in [0.717, 1.165) is 44.1 Å². The number of anilines is 1. The molecule has 0 bridgehead atoms. The summed E-state index contributed by atoms with van der Waals surface area (Å²) in [5, 5.41) is 11.8. The summed E-state index contributed by atoms with van der Waals surface area (Å²) < 4.78 is 2.10. The number of nitrogens with one attached hydrogen (secondary N) is 2. The largest absolute Gasteiger partial charge is 0.370 e. The van der Waals surface area contributed by atoms with E-state index < -0.39 is 0 Å². The van der Waals surface area contributed by atoms with Crippen LogP contribution in [0.2, 0.25) is 0 Å². The zero-order valence-corrected chi connectivity index (χ0v) is 15.0. The zero-order valence-electron chi connectivity index (χ0n) is 15.0. The third kappa shape index (κ3) is 4.58. The van der Waals surface area contributed by atoms with Crippen molar-refractivity contribution in [3.05, 3.63) is 47.7 Å². The van der Waals surface area contributed by atoms with Crippen molar-refractivity contribution in [1.29, 1.82) is 0 Å². The van der Waals surface area contributed by atoms with E-state index in [0.29, 0.717) is 12.0 Å². The maximum atomic E-state index is 4.56. The molecule has 5 nitrogen and oxygen atoms in total. The first-order chi connectivity index (χ1) is 11.6. The van der Waals surface area contributed by atoms with Gasteiger partial charge in [-0.2, -0.15) is 5.10 Å². The molecule has 0 unspecified atom stereocenters. The number of likely N-dealkylation sites (N-methyl/N-ethyl adjacent to an activating group) is 1. The molecule has 0 radical (unpaired) electrons. The molecule has 1 aromatic heterocycles. The quantitative estimate of drug-likeness (QED) is 0.816. The van der Waals surface area contributed by atoms with Crippen LogP contribution in [0.1, 0.15) is 11.3 Å². The summed E-state index contributed by atoms with van der Waals surface area (Å²) in [7, 11) is 4.28. The summed E-state index contributed by atoms with van der Waals surface area (Å²) in [6.07, 6.45) is 1.06. The summed E-state index contributed by atoms with van der Waals surface area (Å²) in [4.78, 5) is 2.26. The van der Waals surface area contributed by atoms with Crippen LogP contribution in [0.4, 0.5) is 5.82 Å². The Morgan fingerprint density at radius 1 is 1.33 bits per heavy atom. The molecule has 0 fully saturated rings. The third-order valence-corrected chi connectivity index (χ3v) is 4.51. The summed E-state index contributed by atoms with van der Waals surface area (Å²) in [6, 6.07) is 13.3. The molecule has 0 aliphatic carbocycles. The first-order valence-corrected chi connectivity index (χ1v) is 8.80. The molecular weight excluding hydrogens is 298 g/mol. The fraction of sp³-hybridized carbons (Fsp3) is 0.526. The van der Waals surface area contributed by atoms with Crippen molar-refractivity contribution in [2.75, 3.05) is 39.0 Å². The molecule has 1 aromatic carbocycles. The summed E-state index contributed by atoms with van der Waals surface area (Å²) >= 11 is 0. The summed E-state index contributed by atoms with van der Waals surface area (Å²) in [5.41, 5.74) is 2.48. The molecule has 0 spiro atoms. The van der Waals surface area contributed by atoms with Crippen molar-refractivity contribution in [3.8, 4) is 0 Å². The molecule has 130 valence electrons. The van der Waals surface area contributed by atoms with E-state index in [1.165, 1.54) is 5.56 Å². The Hall–Kier alpha value is -1.85. The Bertz CT molecular complexity index is 634. The van der Waals surface area contributed by atoms with Crippen LogP contribution in [-0.2, 0) is 13.0 Å². The second-order valence-electron chi connectivity index (χ2n) is 7.16. The lowest BCUT2D eigenvalue weighted by molar-refractivity contribution is 0.309. The highest BCUT2D eigenvalue weighted by atomic mass is 15.3. The molecule has 1 aliphatic heterocycles. The van der Waals surface area contributed by atoms with Crippen LogP contribution in [0.15, 0.2) is 36.4 Å². The van der Waals surface area contributed by atoms with E-state index in [1.54, 1.807) is 0 Å². The van der Waals surface area contributed by atoms with Gasteiger partial charge in [0.05, 0.1) is 5.69 Å². The number of aryl methyl sites for hydroxylation is 1. The van der Waals surface area contributed by atoms with Crippen molar-refractivity contribution in [3.63, 3.8) is 0 Å². The van der Waals surface area contributed by atoms with E-state index in [-0.39, 0.29) is 0 Å². The second-order valence-corrected chi connectivity index (χ2v) is 7.16. The highest BCUT2D eigenvalue weighted by Crippen LogP contribution is 2.18. The Kier molecular flexibility index (Phi) is 5.53. The lowest BCUT2D eigenvalue weighted by atomic mass is 10.0. The van der Waals surface area contributed by atoms with E-state index in [1.807, 2.05) is 6.92 Å². The number of rotatable bonds is 7. The highest BCUT2D eigenvalue weighted by molar-refractivity contribution is 5.38. The second kappa shape index (κ2) is 7.81. The van der Waals surface area contributed by atoms with Crippen molar-refractivity contribution in [2.45, 2.75) is 25.9 Å². The molecule has 0 amide bonds. The first-order valence-electron chi connectivity index (χ1n) is 8.80. The predicted molar refractivity (Wildman–Crippen MR) is 99.4 cm³/mol. The number of hydrogen-bond donors (Lipinski definition) is 2. The number of nitrogens with zero attached hydrogens (tertiary/aromatic N) is 3. The number of fused-ring (bicyclic) bond motifs is 1. The molecule has 2 heterocycles. The molecule has 2 aromatic rings. The minimum Gasteiger partial charge on any atom is -0.370 e. The molecule has 0 saturated heterocycles. The lowest BCUT2D eigenvalue weighted by Gasteiger charge is -2.28. The Labute approximate surface area is 145 Å². The topological polar surface area (TPSA) is 45.1 Å². The van der Waals surface area contributed by atoms with E-state index in [2.05, 4.69) is 75.8 Å². The molecule has 24 heavy (non-hydrogen) atoms. The number of hydrogen-bond acceptors (Lipinski definition) is 4. The molecule has 2 atom stereocenters. The molecular formula is C19H29N5. The van der Waals surface area contributed by atoms with E-state index in [4.69, 9.17) is 0 Å². The third-order valence-electron chi connectivity index (χ3n) is 4.51. The first kappa shape index (κ1) is 17.0. The summed E-state index contributed by atoms with van der Waals surface area (Å²) in [5.74, 6) is 1.72. The van der Waals surface area contributed by atoms with Crippen molar-refractivity contribution in [2.24, 2.45) is 5.92 Å². The summed E-state index contributed by atoms with van der Waals surface area (Å²) in [6.45, 7) is 6.10. The maximum Gasteiger partial charge on any atom is 0.124 e. The van der Waals surface area contributed by atoms with Crippen LogP contribution in [-0.4, -0.2) is 54.5 Å². The van der Waals surface area contributed by atoms with Gasteiger partial charge in [-0.15, -0.1) is 0 Å². The van der Waals surface area contributed by atoms with Crippen molar-refractivity contribution in [1.82, 2.24) is 20.0 Å². The van der Waals surface area contributed by atoms with Gasteiger partial charge in [0.25, 0.3) is 0 Å². The van der Waals surface area contributed by atoms with Gasteiger partial charge in [0.1, 0.15) is 5.82 Å². The minimum absolute atomic E-state index is 0.461. The SMILES string of the molecule is Cc1cc2n(n1)C[C@@H](CN[C@@H](Cc1ccccc1)CN(C)C)CN2. The average molecular weight is 327 g/mol. The minimum atomic E-state index is 0.461. The van der Waals surface area contributed by atoms with Crippen LogP contribution in [0, 0.1) is 12.8 Å². The van der Waals surface area contributed by atoms with Crippen LogP contribution < -0.4 is 10.6 Å². The van der Waals surface area contributed by atoms with Crippen LogP contribution in [0.3, 0.4) is 0 Å². The lowest BCUT2D eigenvalue weighted by Crippen LogP contribution is -2.44. The molecule has 1 aliphatic rings. The zero-order chi connectivity index (χ0) is 16.9. The Morgan fingerprint density at radius 3 is 2.88 bits per heavy atom. The van der Waals surface area contributed by atoms with Gasteiger partial charge in [-0.05, 0) is 33.0 Å². The van der Waals surface area contributed by atoms with Gasteiger partial charge >= 0.3 is 0 Å². The standard InChI is InChI=1S/C19H29N5/c1-15-9-19-21-12-17(13-24(19)22-15)11-20-18(14-23(2)3)10-16-7-5-4-6-8-16/h4-9,17-18,20-21H,10-14H2,1-3H3/t17-,18-/m0/s1. The fourth-order valence-corrected chi connectivity index (χ4v) is 3.40. The van der Waals surface area contributed by atoms with Gasteiger partial charge in [0, 0.05) is 44.2 Å². The van der Waals surface area contributed by atoms with Gasteiger partial charge in [-0.25, -0.2) is 4.68 Å².